The Bertz CT molecular complexity index is 1180. The third-order valence-electron chi connectivity index (χ3n) is 5.66. The van der Waals surface area contributed by atoms with E-state index < -0.39 is 6.04 Å². The van der Waals surface area contributed by atoms with E-state index in [2.05, 4.69) is 10.3 Å². The van der Waals surface area contributed by atoms with Crippen LogP contribution in [0.3, 0.4) is 0 Å². The Morgan fingerprint density at radius 3 is 2.52 bits per heavy atom. The molecule has 2 aromatic rings. The van der Waals surface area contributed by atoms with E-state index in [0.717, 1.165) is 33.2 Å². The van der Waals surface area contributed by atoms with Crippen LogP contribution in [0.4, 0.5) is 5.69 Å². The van der Waals surface area contributed by atoms with Crippen molar-refractivity contribution < 1.29 is 14.3 Å². The van der Waals surface area contributed by atoms with Crippen LogP contribution in [0.15, 0.2) is 75.9 Å². The normalized spacial score (nSPS) is 17.3. The van der Waals surface area contributed by atoms with Gasteiger partial charge in [-0.2, -0.15) is 0 Å². The first kappa shape index (κ1) is 22.9. The second-order valence-electron chi connectivity index (χ2n) is 8.06. The van der Waals surface area contributed by atoms with Gasteiger partial charge in [0, 0.05) is 11.4 Å². The van der Waals surface area contributed by atoms with Gasteiger partial charge in [-0.1, -0.05) is 53.7 Å². The summed E-state index contributed by atoms with van der Waals surface area (Å²) in [5.41, 5.74) is 5.86. The average Bonchev–Trinajstić information content (AvgIpc) is 3.17. The summed E-state index contributed by atoms with van der Waals surface area (Å²) >= 11 is 1.47. The first-order valence-electron chi connectivity index (χ1n) is 10.9. The van der Waals surface area contributed by atoms with Gasteiger partial charge in [-0.3, -0.25) is 4.79 Å². The molecule has 2 heterocycles. The van der Waals surface area contributed by atoms with Crippen LogP contribution in [0, 0.1) is 13.8 Å². The van der Waals surface area contributed by atoms with E-state index in [9.17, 15) is 9.59 Å². The molecular formula is C26H27N3O3S. The van der Waals surface area contributed by atoms with E-state index in [0.29, 0.717) is 11.3 Å². The van der Waals surface area contributed by atoms with Crippen molar-refractivity contribution in [3.63, 3.8) is 0 Å². The highest BCUT2D eigenvalue weighted by atomic mass is 32.2. The summed E-state index contributed by atoms with van der Waals surface area (Å²) in [6, 6.07) is 15.3. The van der Waals surface area contributed by atoms with Gasteiger partial charge in [0.2, 0.25) is 5.91 Å². The molecule has 2 aliphatic heterocycles. The van der Waals surface area contributed by atoms with Gasteiger partial charge in [0.15, 0.2) is 5.17 Å². The standard InChI is InChI=1S/C26H27N3O3S/c1-5-32-25(31)23-18(4)27-26-29(24(23)21-9-7-6-8-17(21)3)20(15-33-26)14-22(30)28-19-12-10-16(2)11-13-19/h6-13,15,24H,5,14H2,1-4H3,(H,28,30). The van der Waals surface area contributed by atoms with Gasteiger partial charge >= 0.3 is 5.97 Å². The van der Waals surface area contributed by atoms with Gasteiger partial charge in [0.05, 0.1) is 30.3 Å². The predicted molar refractivity (Wildman–Crippen MR) is 133 cm³/mol. The van der Waals surface area contributed by atoms with Crippen molar-refractivity contribution >= 4 is 34.5 Å². The van der Waals surface area contributed by atoms with Crippen LogP contribution in [0.25, 0.3) is 0 Å². The predicted octanol–water partition coefficient (Wildman–Crippen LogP) is 5.47. The molecule has 1 N–H and O–H groups in total. The average molecular weight is 462 g/mol. The summed E-state index contributed by atoms with van der Waals surface area (Å²) in [4.78, 5) is 32.6. The Hall–Kier alpha value is -3.32. The number of amidine groups is 1. The highest BCUT2D eigenvalue weighted by Crippen LogP contribution is 2.45. The minimum Gasteiger partial charge on any atom is -0.463 e. The van der Waals surface area contributed by atoms with Gasteiger partial charge < -0.3 is 15.0 Å². The fraction of sp³-hybridized carbons (Fsp3) is 0.269. The number of amides is 1. The number of rotatable bonds is 6. The van der Waals surface area contributed by atoms with Crippen molar-refractivity contribution in [2.45, 2.75) is 40.2 Å². The van der Waals surface area contributed by atoms with Crippen LogP contribution in [0.5, 0.6) is 0 Å². The summed E-state index contributed by atoms with van der Waals surface area (Å²) < 4.78 is 5.40. The van der Waals surface area contributed by atoms with Gasteiger partial charge in [-0.25, -0.2) is 9.79 Å². The molecule has 1 unspecified atom stereocenters. The van der Waals surface area contributed by atoms with Gasteiger partial charge in [0.1, 0.15) is 0 Å². The lowest BCUT2D eigenvalue weighted by atomic mass is 9.91. The Kier molecular flexibility index (Phi) is 6.70. The van der Waals surface area contributed by atoms with E-state index in [1.54, 1.807) is 6.92 Å². The molecule has 0 aromatic heterocycles. The Labute approximate surface area is 198 Å². The molecule has 170 valence electrons. The number of aliphatic imine (C=N–C) groups is 1. The number of benzene rings is 2. The summed E-state index contributed by atoms with van der Waals surface area (Å²) in [5.74, 6) is -0.508. The van der Waals surface area contributed by atoms with Crippen LogP contribution < -0.4 is 5.32 Å². The van der Waals surface area contributed by atoms with E-state index >= 15 is 0 Å². The molecule has 33 heavy (non-hydrogen) atoms. The number of nitrogens with zero attached hydrogens (tertiary/aromatic N) is 2. The number of hydrogen-bond donors (Lipinski definition) is 1. The van der Waals surface area contributed by atoms with E-state index in [1.807, 2.05) is 79.6 Å². The number of hydrogen-bond acceptors (Lipinski definition) is 6. The molecule has 0 spiro atoms. The first-order valence-corrected chi connectivity index (χ1v) is 11.8. The molecule has 0 radical (unpaired) electrons. The largest absolute Gasteiger partial charge is 0.463 e. The fourth-order valence-corrected chi connectivity index (χ4v) is 5.00. The molecule has 0 aliphatic carbocycles. The van der Waals surface area contributed by atoms with E-state index in [-0.39, 0.29) is 24.9 Å². The van der Waals surface area contributed by atoms with Crippen molar-refractivity contribution in [1.82, 2.24) is 4.90 Å². The number of esters is 1. The molecule has 0 bridgehead atoms. The quantitative estimate of drug-likeness (QED) is 0.578. The number of fused-ring (bicyclic) bond motifs is 1. The third kappa shape index (κ3) is 4.73. The van der Waals surface area contributed by atoms with Crippen molar-refractivity contribution in [3.8, 4) is 0 Å². The Balaban J connectivity index is 1.67. The van der Waals surface area contributed by atoms with Crippen molar-refractivity contribution in [1.29, 1.82) is 0 Å². The summed E-state index contributed by atoms with van der Waals surface area (Å²) in [7, 11) is 0. The molecular weight excluding hydrogens is 434 g/mol. The molecule has 1 amide bonds. The van der Waals surface area contributed by atoms with Crippen LogP contribution in [-0.2, 0) is 14.3 Å². The highest BCUT2D eigenvalue weighted by molar-refractivity contribution is 8.16. The molecule has 0 fully saturated rings. The SMILES string of the molecule is CCOC(=O)C1=C(C)N=C2SC=C(CC(=O)Nc3ccc(C)cc3)N2C1c1ccccc1C. The maximum Gasteiger partial charge on any atom is 0.338 e. The van der Waals surface area contributed by atoms with Gasteiger partial charge in [0.25, 0.3) is 0 Å². The number of carbonyl (C=O) groups excluding carboxylic acids is 2. The molecule has 2 aromatic carbocycles. The van der Waals surface area contributed by atoms with Crippen molar-refractivity contribution in [2.24, 2.45) is 4.99 Å². The molecule has 4 rings (SSSR count). The van der Waals surface area contributed by atoms with E-state index in [1.165, 1.54) is 11.8 Å². The van der Waals surface area contributed by atoms with Crippen LogP contribution >= 0.6 is 11.8 Å². The van der Waals surface area contributed by atoms with Crippen LogP contribution in [0.2, 0.25) is 0 Å². The zero-order chi connectivity index (χ0) is 23.5. The van der Waals surface area contributed by atoms with Crippen LogP contribution in [0.1, 0.15) is 43.0 Å². The molecule has 0 saturated carbocycles. The number of aryl methyl sites for hydroxylation is 2. The monoisotopic (exact) mass is 461 g/mol. The summed E-state index contributed by atoms with van der Waals surface area (Å²) in [6.45, 7) is 7.94. The maximum absolute atomic E-state index is 13.0. The fourth-order valence-electron chi connectivity index (χ4n) is 4.03. The number of allylic oxidation sites excluding steroid dienone is 1. The lowest BCUT2D eigenvalue weighted by molar-refractivity contribution is -0.139. The van der Waals surface area contributed by atoms with Gasteiger partial charge in [-0.05, 0) is 56.4 Å². The maximum atomic E-state index is 13.0. The highest BCUT2D eigenvalue weighted by Gasteiger charge is 2.41. The first-order chi connectivity index (χ1) is 15.9. The minimum absolute atomic E-state index is 0.126. The second kappa shape index (κ2) is 9.67. The molecule has 1 atom stereocenters. The van der Waals surface area contributed by atoms with Crippen molar-refractivity contribution in [3.05, 3.63) is 87.6 Å². The zero-order valence-electron chi connectivity index (χ0n) is 19.2. The second-order valence-corrected chi connectivity index (χ2v) is 8.90. The number of carbonyl (C=O) groups is 2. The number of anilines is 1. The molecule has 7 heteroatoms. The third-order valence-corrected chi connectivity index (χ3v) is 6.54. The summed E-state index contributed by atoms with van der Waals surface area (Å²) in [5, 5.41) is 5.66. The smallest absolute Gasteiger partial charge is 0.338 e. The molecule has 2 aliphatic rings. The lowest BCUT2D eigenvalue weighted by Gasteiger charge is -2.37. The number of thioether (sulfide) groups is 1. The Morgan fingerprint density at radius 2 is 1.82 bits per heavy atom. The van der Waals surface area contributed by atoms with Gasteiger partial charge in [-0.15, -0.1) is 0 Å². The topological polar surface area (TPSA) is 71.0 Å². The summed E-state index contributed by atoms with van der Waals surface area (Å²) in [6.07, 6.45) is 0.164. The van der Waals surface area contributed by atoms with E-state index in [4.69, 9.17) is 4.74 Å². The van der Waals surface area contributed by atoms with Crippen LogP contribution in [-0.4, -0.2) is 28.6 Å². The molecule has 6 nitrogen and oxygen atoms in total. The number of ether oxygens (including phenoxy) is 1. The zero-order valence-corrected chi connectivity index (χ0v) is 20.0. The molecule has 0 saturated heterocycles. The van der Waals surface area contributed by atoms with Crippen molar-refractivity contribution in [2.75, 3.05) is 11.9 Å². The Morgan fingerprint density at radius 1 is 1.09 bits per heavy atom. The lowest BCUT2D eigenvalue weighted by Crippen LogP contribution is -2.37. The number of nitrogens with one attached hydrogen (secondary N) is 1. The minimum atomic E-state index is -0.411.